The molecule has 5 heteroatoms. The van der Waals surface area contributed by atoms with Gasteiger partial charge in [-0.1, -0.05) is 45.9 Å². The van der Waals surface area contributed by atoms with Crippen molar-refractivity contribution in [2.75, 3.05) is 31.5 Å². The summed E-state index contributed by atoms with van der Waals surface area (Å²) in [6.45, 7) is 11.4. The van der Waals surface area contributed by atoms with Crippen LogP contribution in [0.25, 0.3) is 0 Å². The van der Waals surface area contributed by atoms with Gasteiger partial charge >= 0.3 is 11.8 Å². The van der Waals surface area contributed by atoms with Crippen LogP contribution in [0.15, 0.2) is 24.3 Å². The number of likely N-dealkylation sites (N-methyl/N-ethyl adjacent to an activating group) is 1. The second kappa shape index (κ2) is 10.0. The zero-order chi connectivity index (χ0) is 17.2. The van der Waals surface area contributed by atoms with Gasteiger partial charge in [-0.2, -0.15) is 0 Å². The Labute approximate surface area is 139 Å². The van der Waals surface area contributed by atoms with E-state index in [-0.39, 0.29) is 0 Å². The molecule has 0 aliphatic rings. The second-order valence-electron chi connectivity index (χ2n) is 5.63. The highest BCUT2D eigenvalue weighted by Crippen LogP contribution is 2.26. The highest BCUT2D eigenvalue weighted by Gasteiger charge is 2.16. The van der Waals surface area contributed by atoms with Crippen LogP contribution in [0.2, 0.25) is 0 Å². The Bertz CT molecular complexity index is 513. The minimum Gasteiger partial charge on any atom is -0.347 e. The van der Waals surface area contributed by atoms with Crippen molar-refractivity contribution in [2.24, 2.45) is 0 Å². The standard InChI is InChI=1S/C18H29N3O2/c1-5-14(4)15-10-8-9-11-16(15)20-18(23)17(22)19-12-13-21(6-2)7-3/h8-11,14H,5-7,12-13H2,1-4H3,(H,19,22)(H,20,23). The average Bonchev–Trinajstić information content (AvgIpc) is 2.58. The van der Waals surface area contributed by atoms with Crippen molar-refractivity contribution < 1.29 is 9.59 Å². The number of anilines is 1. The van der Waals surface area contributed by atoms with E-state index in [0.717, 1.165) is 31.6 Å². The molecule has 0 aliphatic carbocycles. The van der Waals surface area contributed by atoms with E-state index in [4.69, 9.17) is 0 Å². The van der Waals surface area contributed by atoms with Crippen LogP contribution in [-0.4, -0.2) is 42.9 Å². The SMILES string of the molecule is CCC(C)c1ccccc1NC(=O)C(=O)NCCN(CC)CC. The summed E-state index contributed by atoms with van der Waals surface area (Å²) >= 11 is 0. The van der Waals surface area contributed by atoms with Gasteiger partial charge in [0, 0.05) is 18.8 Å². The molecule has 1 rings (SSSR count). The molecule has 128 valence electrons. The smallest absolute Gasteiger partial charge is 0.313 e. The number of amides is 2. The normalized spacial score (nSPS) is 12.0. The predicted octanol–water partition coefficient (Wildman–Crippen LogP) is 2.60. The Hall–Kier alpha value is -1.88. The summed E-state index contributed by atoms with van der Waals surface area (Å²) in [4.78, 5) is 26.2. The van der Waals surface area contributed by atoms with Gasteiger partial charge in [-0.15, -0.1) is 0 Å². The Kier molecular flexibility index (Phi) is 8.33. The number of carbonyl (C=O) groups excluding carboxylic acids is 2. The maximum absolute atomic E-state index is 12.1. The van der Waals surface area contributed by atoms with Gasteiger partial charge in [-0.05, 0) is 37.1 Å². The Morgan fingerprint density at radius 2 is 1.74 bits per heavy atom. The van der Waals surface area contributed by atoms with E-state index >= 15 is 0 Å². The number of para-hydroxylation sites is 1. The summed E-state index contributed by atoms with van der Waals surface area (Å²) in [5.41, 5.74) is 1.77. The first kappa shape index (κ1) is 19.2. The van der Waals surface area contributed by atoms with Gasteiger partial charge in [0.15, 0.2) is 0 Å². The molecule has 0 radical (unpaired) electrons. The van der Waals surface area contributed by atoms with Crippen molar-refractivity contribution in [3.8, 4) is 0 Å². The van der Waals surface area contributed by atoms with Gasteiger partial charge in [-0.3, -0.25) is 9.59 Å². The molecule has 1 aromatic rings. The zero-order valence-electron chi connectivity index (χ0n) is 14.7. The monoisotopic (exact) mass is 319 g/mol. The van der Waals surface area contributed by atoms with Crippen molar-refractivity contribution in [2.45, 2.75) is 40.0 Å². The quantitative estimate of drug-likeness (QED) is 0.724. The van der Waals surface area contributed by atoms with Crippen LogP contribution in [0.3, 0.4) is 0 Å². The molecular weight excluding hydrogens is 290 g/mol. The second-order valence-corrected chi connectivity index (χ2v) is 5.63. The van der Waals surface area contributed by atoms with Crippen molar-refractivity contribution in [1.29, 1.82) is 0 Å². The number of nitrogens with zero attached hydrogens (tertiary/aromatic N) is 1. The third-order valence-corrected chi connectivity index (χ3v) is 4.17. The van der Waals surface area contributed by atoms with Crippen LogP contribution >= 0.6 is 0 Å². The first-order chi connectivity index (χ1) is 11.0. The lowest BCUT2D eigenvalue weighted by atomic mass is 9.97. The fourth-order valence-corrected chi connectivity index (χ4v) is 2.39. The summed E-state index contributed by atoms with van der Waals surface area (Å²) in [5, 5.41) is 5.40. The van der Waals surface area contributed by atoms with Gasteiger partial charge in [0.25, 0.3) is 0 Å². The van der Waals surface area contributed by atoms with Crippen LogP contribution in [0.1, 0.15) is 45.6 Å². The number of carbonyl (C=O) groups is 2. The molecule has 0 saturated carbocycles. The zero-order valence-corrected chi connectivity index (χ0v) is 14.7. The number of nitrogens with one attached hydrogen (secondary N) is 2. The number of hydrogen-bond donors (Lipinski definition) is 2. The van der Waals surface area contributed by atoms with E-state index in [0.29, 0.717) is 18.2 Å². The van der Waals surface area contributed by atoms with Crippen LogP contribution in [0.4, 0.5) is 5.69 Å². The van der Waals surface area contributed by atoms with E-state index in [9.17, 15) is 9.59 Å². The van der Waals surface area contributed by atoms with Crippen LogP contribution in [0, 0.1) is 0 Å². The maximum Gasteiger partial charge on any atom is 0.313 e. The van der Waals surface area contributed by atoms with Crippen molar-refractivity contribution >= 4 is 17.5 Å². The molecular formula is C18H29N3O2. The van der Waals surface area contributed by atoms with Gasteiger partial charge in [0.1, 0.15) is 0 Å². The lowest BCUT2D eigenvalue weighted by Crippen LogP contribution is -2.40. The molecule has 1 aromatic carbocycles. The molecule has 0 fully saturated rings. The van der Waals surface area contributed by atoms with Crippen LogP contribution in [-0.2, 0) is 9.59 Å². The van der Waals surface area contributed by atoms with Crippen molar-refractivity contribution in [1.82, 2.24) is 10.2 Å². The summed E-state index contributed by atoms with van der Waals surface area (Å²) in [7, 11) is 0. The minimum absolute atomic E-state index is 0.331. The van der Waals surface area contributed by atoms with Gasteiger partial charge < -0.3 is 15.5 Å². The topological polar surface area (TPSA) is 61.4 Å². The van der Waals surface area contributed by atoms with Crippen LogP contribution < -0.4 is 10.6 Å². The first-order valence-electron chi connectivity index (χ1n) is 8.43. The summed E-state index contributed by atoms with van der Waals surface area (Å²) < 4.78 is 0. The van der Waals surface area contributed by atoms with Crippen molar-refractivity contribution in [3.63, 3.8) is 0 Å². The van der Waals surface area contributed by atoms with E-state index < -0.39 is 11.8 Å². The summed E-state index contributed by atoms with van der Waals surface area (Å²) in [6, 6.07) is 7.63. The van der Waals surface area contributed by atoms with Gasteiger partial charge in [-0.25, -0.2) is 0 Å². The lowest BCUT2D eigenvalue weighted by molar-refractivity contribution is -0.136. The molecule has 0 spiro atoms. The van der Waals surface area contributed by atoms with E-state index in [2.05, 4.69) is 43.2 Å². The molecule has 23 heavy (non-hydrogen) atoms. The Balaban J connectivity index is 2.57. The third kappa shape index (κ3) is 6.02. The summed E-state index contributed by atoms with van der Waals surface area (Å²) in [5.74, 6) is -0.867. The number of hydrogen-bond acceptors (Lipinski definition) is 3. The van der Waals surface area contributed by atoms with E-state index in [1.54, 1.807) is 0 Å². The molecule has 1 atom stereocenters. The fourth-order valence-electron chi connectivity index (χ4n) is 2.39. The Morgan fingerprint density at radius 3 is 2.35 bits per heavy atom. The largest absolute Gasteiger partial charge is 0.347 e. The molecule has 2 amide bonds. The van der Waals surface area contributed by atoms with Gasteiger partial charge in [0.2, 0.25) is 0 Å². The molecule has 0 bridgehead atoms. The first-order valence-corrected chi connectivity index (χ1v) is 8.43. The highest BCUT2D eigenvalue weighted by molar-refractivity contribution is 6.39. The average molecular weight is 319 g/mol. The Morgan fingerprint density at radius 1 is 1.09 bits per heavy atom. The third-order valence-electron chi connectivity index (χ3n) is 4.17. The highest BCUT2D eigenvalue weighted by atomic mass is 16.2. The molecule has 1 unspecified atom stereocenters. The molecule has 5 nitrogen and oxygen atoms in total. The lowest BCUT2D eigenvalue weighted by Gasteiger charge is -2.18. The summed E-state index contributed by atoms with van der Waals surface area (Å²) in [6.07, 6.45) is 0.975. The number of rotatable bonds is 8. The van der Waals surface area contributed by atoms with Crippen molar-refractivity contribution in [3.05, 3.63) is 29.8 Å². The van der Waals surface area contributed by atoms with Crippen LogP contribution in [0.5, 0.6) is 0 Å². The molecule has 0 aromatic heterocycles. The number of benzene rings is 1. The minimum atomic E-state index is -0.611. The predicted molar refractivity (Wildman–Crippen MR) is 94.6 cm³/mol. The van der Waals surface area contributed by atoms with E-state index in [1.807, 2.05) is 24.3 Å². The maximum atomic E-state index is 12.1. The molecule has 0 heterocycles. The molecule has 0 saturated heterocycles. The van der Waals surface area contributed by atoms with E-state index in [1.165, 1.54) is 0 Å². The van der Waals surface area contributed by atoms with Gasteiger partial charge in [0.05, 0.1) is 0 Å². The molecule has 0 aliphatic heterocycles. The fraction of sp³-hybridized carbons (Fsp3) is 0.556. The molecule has 2 N–H and O–H groups in total.